The number of imidazole rings is 1. The van der Waals surface area contributed by atoms with Crippen molar-refractivity contribution < 1.29 is 9.84 Å². The standard InChI is InChI=1S/C8H11N5O2S/c9-8-11-6-5(7(16)12-8)10-3-13(6)4-15-2-1-14/h3,14H,1-2,4H2,(H3,9,11,12,16). The highest BCUT2D eigenvalue weighted by Gasteiger charge is 2.06. The molecule has 2 rings (SSSR count). The minimum Gasteiger partial charge on any atom is -0.394 e. The molecule has 0 radical (unpaired) electrons. The molecule has 16 heavy (non-hydrogen) atoms. The molecule has 86 valence electrons. The van der Waals surface area contributed by atoms with E-state index in [9.17, 15) is 0 Å². The van der Waals surface area contributed by atoms with Crippen LogP contribution in [-0.2, 0) is 11.5 Å². The molecule has 8 heteroatoms. The Hall–Kier alpha value is -1.51. The highest BCUT2D eigenvalue weighted by Crippen LogP contribution is 2.11. The van der Waals surface area contributed by atoms with Crippen molar-refractivity contribution in [3.63, 3.8) is 0 Å². The van der Waals surface area contributed by atoms with E-state index in [1.165, 1.54) is 0 Å². The Morgan fingerprint density at radius 1 is 1.62 bits per heavy atom. The number of nitrogens with one attached hydrogen (secondary N) is 1. The third-order valence-corrected chi connectivity index (χ3v) is 2.25. The summed E-state index contributed by atoms with van der Waals surface area (Å²) in [6.45, 7) is 0.486. The predicted molar refractivity (Wildman–Crippen MR) is 60.2 cm³/mol. The van der Waals surface area contributed by atoms with E-state index in [1.807, 2.05) is 0 Å². The number of aromatic nitrogens is 4. The first kappa shape index (κ1) is 11.0. The number of aliphatic hydroxyl groups excluding tert-OH is 1. The van der Waals surface area contributed by atoms with Crippen LogP contribution in [0.4, 0.5) is 5.95 Å². The lowest BCUT2D eigenvalue weighted by atomic mass is 10.5. The molecule has 0 fully saturated rings. The summed E-state index contributed by atoms with van der Waals surface area (Å²) in [7, 11) is 0. The number of hydrogen-bond donors (Lipinski definition) is 3. The van der Waals surface area contributed by atoms with Crippen molar-refractivity contribution in [3.8, 4) is 0 Å². The first-order chi connectivity index (χ1) is 7.72. The van der Waals surface area contributed by atoms with E-state index in [-0.39, 0.29) is 25.9 Å². The number of aromatic amines is 1. The van der Waals surface area contributed by atoms with Crippen LogP contribution in [0.1, 0.15) is 0 Å². The van der Waals surface area contributed by atoms with Gasteiger partial charge in [-0.3, -0.25) is 4.57 Å². The maximum absolute atomic E-state index is 8.59. The lowest BCUT2D eigenvalue weighted by Crippen LogP contribution is -2.06. The molecule has 0 aliphatic heterocycles. The second kappa shape index (κ2) is 4.56. The van der Waals surface area contributed by atoms with E-state index in [2.05, 4.69) is 15.0 Å². The van der Waals surface area contributed by atoms with Gasteiger partial charge in [0.1, 0.15) is 16.9 Å². The van der Waals surface area contributed by atoms with Gasteiger partial charge in [-0.2, -0.15) is 4.98 Å². The van der Waals surface area contributed by atoms with Gasteiger partial charge in [-0.1, -0.05) is 12.2 Å². The summed E-state index contributed by atoms with van der Waals surface area (Å²) >= 11 is 5.06. The van der Waals surface area contributed by atoms with Crippen LogP contribution in [0.5, 0.6) is 0 Å². The van der Waals surface area contributed by atoms with Crippen LogP contribution in [0.15, 0.2) is 6.33 Å². The number of H-pyrrole nitrogens is 1. The molecule has 0 aliphatic rings. The molecule has 7 nitrogen and oxygen atoms in total. The van der Waals surface area contributed by atoms with E-state index in [0.717, 1.165) is 0 Å². The van der Waals surface area contributed by atoms with Gasteiger partial charge in [0.05, 0.1) is 19.5 Å². The normalized spacial score (nSPS) is 11.1. The first-order valence-corrected chi connectivity index (χ1v) is 5.02. The van der Waals surface area contributed by atoms with Gasteiger partial charge >= 0.3 is 0 Å². The molecule has 0 bridgehead atoms. The van der Waals surface area contributed by atoms with Gasteiger partial charge < -0.3 is 20.6 Å². The molecular weight excluding hydrogens is 230 g/mol. The van der Waals surface area contributed by atoms with Crippen LogP contribution >= 0.6 is 12.2 Å². The summed E-state index contributed by atoms with van der Waals surface area (Å²) in [6.07, 6.45) is 1.57. The Labute approximate surface area is 95.9 Å². The molecule has 2 heterocycles. The molecule has 0 atom stereocenters. The zero-order valence-electron chi connectivity index (χ0n) is 8.38. The number of anilines is 1. The van der Waals surface area contributed by atoms with Gasteiger partial charge in [-0.25, -0.2) is 4.98 Å². The zero-order valence-corrected chi connectivity index (χ0v) is 9.20. The number of hydrogen-bond acceptors (Lipinski definition) is 6. The Kier molecular flexibility index (Phi) is 3.13. The molecule has 0 aliphatic carbocycles. The van der Waals surface area contributed by atoms with Crippen molar-refractivity contribution in [1.82, 2.24) is 19.5 Å². The van der Waals surface area contributed by atoms with Crippen LogP contribution in [-0.4, -0.2) is 37.8 Å². The monoisotopic (exact) mass is 241 g/mol. The van der Waals surface area contributed by atoms with Gasteiger partial charge in [-0.15, -0.1) is 0 Å². The predicted octanol–water partition coefficient (Wildman–Crippen LogP) is 0.0375. The number of nitrogens with two attached hydrogens (primary N) is 1. The fraction of sp³-hybridized carbons (Fsp3) is 0.375. The Bertz CT molecular complexity index is 549. The van der Waals surface area contributed by atoms with Crippen LogP contribution in [0.2, 0.25) is 0 Å². The number of fused-ring (bicyclic) bond motifs is 1. The molecule has 0 unspecified atom stereocenters. The smallest absolute Gasteiger partial charge is 0.200 e. The van der Waals surface area contributed by atoms with E-state index >= 15 is 0 Å². The van der Waals surface area contributed by atoms with Crippen molar-refractivity contribution in [2.75, 3.05) is 18.9 Å². The van der Waals surface area contributed by atoms with Gasteiger partial charge in [0.15, 0.2) is 5.65 Å². The maximum atomic E-state index is 8.59. The summed E-state index contributed by atoms with van der Waals surface area (Å²) in [5.41, 5.74) is 6.70. The summed E-state index contributed by atoms with van der Waals surface area (Å²) in [5.74, 6) is 0.237. The Morgan fingerprint density at radius 2 is 2.44 bits per heavy atom. The molecular formula is C8H11N5O2S. The quantitative estimate of drug-likeness (QED) is 0.516. The molecule has 0 spiro atoms. The van der Waals surface area contributed by atoms with Crippen LogP contribution in [0.25, 0.3) is 11.2 Å². The lowest BCUT2D eigenvalue weighted by Gasteiger charge is -2.04. The van der Waals surface area contributed by atoms with Crippen LogP contribution in [0.3, 0.4) is 0 Å². The second-order valence-electron chi connectivity index (χ2n) is 3.10. The molecule has 0 aromatic carbocycles. The Morgan fingerprint density at radius 3 is 3.19 bits per heavy atom. The summed E-state index contributed by atoms with van der Waals surface area (Å²) < 4.78 is 7.28. The average Bonchev–Trinajstić information content (AvgIpc) is 2.62. The largest absolute Gasteiger partial charge is 0.394 e. The lowest BCUT2D eigenvalue weighted by molar-refractivity contribution is 0.0499. The van der Waals surface area contributed by atoms with E-state index in [1.54, 1.807) is 10.9 Å². The number of rotatable bonds is 4. The topological polar surface area (TPSA) is 102 Å². The van der Waals surface area contributed by atoms with E-state index in [4.69, 9.17) is 27.8 Å². The van der Waals surface area contributed by atoms with Gasteiger partial charge in [0.25, 0.3) is 0 Å². The van der Waals surface area contributed by atoms with E-state index in [0.29, 0.717) is 15.8 Å². The minimum atomic E-state index is -0.0255. The second-order valence-corrected chi connectivity index (χ2v) is 3.51. The van der Waals surface area contributed by atoms with Gasteiger partial charge in [0, 0.05) is 0 Å². The molecule has 0 saturated heterocycles. The van der Waals surface area contributed by atoms with Gasteiger partial charge in [-0.05, 0) is 0 Å². The molecule has 4 N–H and O–H groups in total. The third-order valence-electron chi connectivity index (χ3n) is 1.96. The highest BCUT2D eigenvalue weighted by atomic mass is 32.1. The highest BCUT2D eigenvalue weighted by molar-refractivity contribution is 7.71. The SMILES string of the molecule is Nc1nc2c(ncn2COCCO)c(=S)[nH]1. The Balaban J connectivity index is 2.36. The summed E-state index contributed by atoms with van der Waals surface area (Å²) in [5, 5.41) is 8.59. The summed E-state index contributed by atoms with van der Waals surface area (Å²) in [6, 6.07) is 0. The average molecular weight is 241 g/mol. The fourth-order valence-electron chi connectivity index (χ4n) is 1.29. The van der Waals surface area contributed by atoms with Crippen molar-refractivity contribution >= 4 is 29.3 Å². The van der Waals surface area contributed by atoms with E-state index < -0.39 is 0 Å². The van der Waals surface area contributed by atoms with Crippen LogP contribution < -0.4 is 5.73 Å². The minimum absolute atomic E-state index is 0.0255. The maximum Gasteiger partial charge on any atom is 0.200 e. The number of nitrogens with zero attached hydrogens (tertiary/aromatic N) is 3. The molecule has 0 amide bonds. The van der Waals surface area contributed by atoms with Crippen molar-refractivity contribution in [2.45, 2.75) is 6.73 Å². The number of aliphatic hydroxyl groups is 1. The number of ether oxygens (including phenoxy) is 1. The molecule has 2 aromatic rings. The van der Waals surface area contributed by atoms with Crippen molar-refractivity contribution in [1.29, 1.82) is 0 Å². The summed E-state index contributed by atoms with van der Waals surface area (Å²) in [4.78, 5) is 10.9. The van der Waals surface area contributed by atoms with Gasteiger partial charge in [0.2, 0.25) is 5.95 Å². The van der Waals surface area contributed by atoms with Crippen molar-refractivity contribution in [3.05, 3.63) is 11.0 Å². The zero-order chi connectivity index (χ0) is 11.5. The first-order valence-electron chi connectivity index (χ1n) is 4.61. The fourth-order valence-corrected chi connectivity index (χ4v) is 1.54. The molecule has 2 aromatic heterocycles. The third kappa shape index (κ3) is 2.03. The molecule has 0 saturated carbocycles. The number of nitrogen functional groups attached to an aromatic ring is 1. The van der Waals surface area contributed by atoms with Crippen molar-refractivity contribution in [2.24, 2.45) is 0 Å². The van der Waals surface area contributed by atoms with Crippen LogP contribution in [0, 0.1) is 4.64 Å².